The Balaban J connectivity index is 3.06. The van der Waals surface area contributed by atoms with Crippen LogP contribution in [0.25, 0.3) is 0 Å². The summed E-state index contributed by atoms with van der Waals surface area (Å²) in [5, 5.41) is 9.91. The van der Waals surface area contributed by atoms with Gasteiger partial charge < -0.3 is 5.11 Å². The molecule has 1 aromatic carbocycles. The summed E-state index contributed by atoms with van der Waals surface area (Å²) in [5.74, 6) is 0. The third-order valence-electron chi connectivity index (χ3n) is 2.28. The van der Waals surface area contributed by atoms with Gasteiger partial charge in [-0.25, -0.2) is 0 Å². The highest BCUT2D eigenvalue weighted by atomic mass is 35.5. The van der Waals surface area contributed by atoms with E-state index in [-0.39, 0.29) is 12.0 Å². The SMILES string of the molecule is C=C[C@](C)(CO)c1ccc(Cl)cc1. The molecule has 13 heavy (non-hydrogen) atoms. The molecular formula is C11H13ClO. The highest BCUT2D eigenvalue weighted by Gasteiger charge is 2.21. The van der Waals surface area contributed by atoms with Gasteiger partial charge in [0.2, 0.25) is 0 Å². The molecule has 0 unspecified atom stereocenters. The van der Waals surface area contributed by atoms with Gasteiger partial charge in [-0.3, -0.25) is 0 Å². The minimum Gasteiger partial charge on any atom is -0.395 e. The zero-order chi connectivity index (χ0) is 9.90. The molecule has 0 spiro atoms. The predicted octanol–water partition coefficient (Wildman–Crippen LogP) is 2.78. The molecule has 1 atom stereocenters. The highest BCUT2D eigenvalue weighted by Crippen LogP contribution is 2.25. The first-order valence-electron chi connectivity index (χ1n) is 4.13. The second kappa shape index (κ2) is 3.95. The van der Waals surface area contributed by atoms with Crippen LogP contribution in [0.4, 0.5) is 0 Å². The molecule has 0 amide bonds. The molecule has 0 saturated heterocycles. The van der Waals surface area contributed by atoms with Crippen LogP contribution < -0.4 is 0 Å². The average Bonchev–Trinajstić information content (AvgIpc) is 2.18. The van der Waals surface area contributed by atoms with Crippen LogP contribution in [0.2, 0.25) is 5.02 Å². The van der Waals surface area contributed by atoms with Crippen LogP contribution >= 0.6 is 11.6 Å². The van der Waals surface area contributed by atoms with Gasteiger partial charge in [-0.05, 0) is 24.6 Å². The summed E-state index contributed by atoms with van der Waals surface area (Å²) in [4.78, 5) is 0. The normalized spacial score (nSPS) is 15.0. The number of hydrogen-bond acceptors (Lipinski definition) is 1. The number of rotatable bonds is 3. The van der Waals surface area contributed by atoms with E-state index in [1.165, 1.54) is 0 Å². The third-order valence-corrected chi connectivity index (χ3v) is 2.53. The van der Waals surface area contributed by atoms with E-state index in [2.05, 4.69) is 6.58 Å². The largest absolute Gasteiger partial charge is 0.395 e. The zero-order valence-corrected chi connectivity index (χ0v) is 8.38. The van der Waals surface area contributed by atoms with Gasteiger partial charge in [0.1, 0.15) is 0 Å². The van der Waals surface area contributed by atoms with Crippen molar-refractivity contribution in [2.75, 3.05) is 6.61 Å². The van der Waals surface area contributed by atoms with Gasteiger partial charge in [0.15, 0.2) is 0 Å². The fourth-order valence-corrected chi connectivity index (χ4v) is 1.23. The summed E-state index contributed by atoms with van der Waals surface area (Å²) in [7, 11) is 0. The van der Waals surface area contributed by atoms with E-state index in [4.69, 9.17) is 11.6 Å². The van der Waals surface area contributed by atoms with Gasteiger partial charge >= 0.3 is 0 Å². The molecule has 0 fully saturated rings. The van der Waals surface area contributed by atoms with Crippen LogP contribution in [0.1, 0.15) is 12.5 Å². The van der Waals surface area contributed by atoms with E-state index >= 15 is 0 Å². The van der Waals surface area contributed by atoms with Crippen molar-refractivity contribution in [3.05, 3.63) is 47.5 Å². The maximum absolute atomic E-state index is 9.20. The third kappa shape index (κ3) is 2.11. The van der Waals surface area contributed by atoms with Crippen molar-refractivity contribution in [3.8, 4) is 0 Å². The first-order valence-corrected chi connectivity index (χ1v) is 4.51. The Morgan fingerprint density at radius 3 is 2.38 bits per heavy atom. The van der Waals surface area contributed by atoms with Crippen molar-refractivity contribution in [2.24, 2.45) is 0 Å². The fourth-order valence-electron chi connectivity index (χ4n) is 1.10. The molecule has 1 nitrogen and oxygen atoms in total. The van der Waals surface area contributed by atoms with Crippen LogP contribution in [-0.4, -0.2) is 11.7 Å². The second-order valence-corrected chi connectivity index (χ2v) is 3.72. The Morgan fingerprint density at radius 1 is 1.46 bits per heavy atom. The molecule has 2 heteroatoms. The fraction of sp³-hybridized carbons (Fsp3) is 0.273. The Kier molecular flexibility index (Phi) is 3.12. The molecule has 0 bridgehead atoms. The van der Waals surface area contributed by atoms with Gasteiger partial charge in [-0.2, -0.15) is 0 Å². The average molecular weight is 197 g/mol. The van der Waals surface area contributed by atoms with Crippen molar-refractivity contribution in [3.63, 3.8) is 0 Å². The van der Waals surface area contributed by atoms with Crippen LogP contribution in [0.5, 0.6) is 0 Å². The molecule has 0 radical (unpaired) electrons. The van der Waals surface area contributed by atoms with E-state index < -0.39 is 0 Å². The lowest BCUT2D eigenvalue weighted by atomic mass is 9.84. The van der Waals surface area contributed by atoms with Crippen LogP contribution in [0.15, 0.2) is 36.9 Å². The first kappa shape index (κ1) is 10.3. The van der Waals surface area contributed by atoms with Crippen LogP contribution in [0, 0.1) is 0 Å². The topological polar surface area (TPSA) is 20.2 Å². The predicted molar refractivity (Wildman–Crippen MR) is 56.1 cm³/mol. The van der Waals surface area contributed by atoms with Crippen molar-refractivity contribution < 1.29 is 5.11 Å². The number of aliphatic hydroxyl groups is 1. The van der Waals surface area contributed by atoms with Gasteiger partial charge in [-0.1, -0.05) is 29.8 Å². The molecule has 1 rings (SSSR count). The van der Waals surface area contributed by atoms with E-state index in [0.717, 1.165) is 5.56 Å². The monoisotopic (exact) mass is 196 g/mol. The minimum atomic E-state index is -0.370. The number of hydrogen-bond donors (Lipinski definition) is 1. The number of halogens is 1. The summed E-state index contributed by atoms with van der Waals surface area (Å²) in [6, 6.07) is 7.43. The van der Waals surface area contributed by atoms with Crippen LogP contribution in [0.3, 0.4) is 0 Å². The van der Waals surface area contributed by atoms with E-state index in [1.54, 1.807) is 6.08 Å². The van der Waals surface area contributed by atoms with E-state index in [0.29, 0.717) is 5.02 Å². The molecular weight excluding hydrogens is 184 g/mol. The Hall–Kier alpha value is -0.790. The summed E-state index contributed by atoms with van der Waals surface area (Å²) < 4.78 is 0. The zero-order valence-electron chi connectivity index (χ0n) is 7.63. The maximum atomic E-state index is 9.20. The first-order chi connectivity index (χ1) is 6.12. The lowest BCUT2D eigenvalue weighted by Crippen LogP contribution is -2.23. The molecule has 0 saturated carbocycles. The minimum absolute atomic E-state index is 0.0537. The Labute approximate surface area is 83.7 Å². The van der Waals surface area contributed by atoms with Gasteiger partial charge in [-0.15, -0.1) is 6.58 Å². The molecule has 1 aromatic rings. The highest BCUT2D eigenvalue weighted by molar-refractivity contribution is 6.30. The van der Waals surface area contributed by atoms with Crippen molar-refractivity contribution >= 4 is 11.6 Å². The van der Waals surface area contributed by atoms with E-state index in [1.807, 2.05) is 31.2 Å². The summed E-state index contributed by atoms with van der Waals surface area (Å²) in [6.45, 7) is 5.70. The molecule has 0 aromatic heterocycles. The smallest absolute Gasteiger partial charge is 0.0559 e. The number of aliphatic hydroxyl groups excluding tert-OH is 1. The second-order valence-electron chi connectivity index (χ2n) is 3.29. The maximum Gasteiger partial charge on any atom is 0.0559 e. The van der Waals surface area contributed by atoms with Crippen molar-refractivity contribution in [1.82, 2.24) is 0 Å². The molecule has 1 N–H and O–H groups in total. The van der Waals surface area contributed by atoms with Gasteiger partial charge in [0.25, 0.3) is 0 Å². The van der Waals surface area contributed by atoms with E-state index in [9.17, 15) is 5.11 Å². The van der Waals surface area contributed by atoms with Crippen molar-refractivity contribution in [2.45, 2.75) is 12.3 Å². The summed E-state index contributed by atoms with van der Waals surface area (Å²) in [6.07, 6.45) is 1.75. The van der Waals surface area contributed by atoms with Gasteiger partial charge in [0.05, 0.1) is 6.61 Å². The summed E-state index contributed by atoms with van der Waals surface area (Å²) in [5.41, 5.74) is 0.652. The lowest BCUT2D eigenvalue weighted by molar-refractivity contribution is 0.236. The van der Waals surface area contributed by atoms with Crippen LogP contribution in [-0.2, 0) is 5.41 Å². The van der Waals surface area contributed by atoms with Gasteiger partial charge in [0, 0.05) is 10.4 Å². The lowest BCUT2D eigenvalue weighted by Gasteiger charge is -2.23. The Bertz CT molecular complexity index is 291. The molecule has 70 valence electrons. The molecule has 0 aliphatic rings. The summed E-state index contributed by atoms with van der Waals surface area (Å²) >= 11 is 5.76. The number of benzene rings is 1. The van der Waals surface area contributed by atoms with Crippen molar-refractivity contribution in [1.29, 1.82) is 0 Å². The molecule has 0 aliphatic heterocycles. The molecule has 0 heterocycles. The standard InChI is InChI=1S/C11H13ClO/c1-3-11(2,8-13)9-4-6-10(12)7-5-9/h3-7,13H,1,8H2,2H3/t11-/m1/s1. The quantitative estimate of drug-likeness (QED) is 0.738. The molecule has 0 aliphatic carbocycles. The Morgan fingerprint density at radius 2 is 2.00 bits per heavy atom.